The summed E-state index contributed by atoms with van der Waals surface area (Å²) in [4.78, 5) is 10.7. The molecule has 3 N–H and O–H groups in total. The van der Waals surface area contributed by atoms with E-state index in [2.05, 4.69) is 29.1 Å². The second-order valence-electron chi connectivity index (χ2n) is 4.86. The normalized spacial score (nSPS) is 11.1. The molecule has 0 spiro atoms. The molecule has 0 aliphatic rings. The van der Waals surface area contributed by atoms with Crippen LogP contribution < -0.4 is 16.0 Å². The van der Waals surface area contributed by atoms with Crippen molar-refractivity contribution in [1.29, 1.82) is 0 Å². The van der Waals surface area contributed by atoms with E-state index in [0.717, 1.165) is 18.1 Å². The van der Waals surface area contributed by atoms with Crippen LogP contribution in [0.25, 0.3) is 0 Å². The minimum Gasteiger partial charge on any atom is -0.370 e. The van der Waals surface area contributed by atoms with Gasteiger partial charge in [-0.05, 0) is 18.1 Å². The van der Waals surface area contributed by atoms with Gasteiger partial charge in [-0.3, -0.25) is 0 Å². The minimum absolute atomic E-state index is 0. The molecule has 0 aromatic carbocycles. The smallest absolute Gasteiger partial charge is 0.188 e. The van der Waals surface area contributed by atoms with Gasteiger partial charge in [0.1, 0.15) is 5.82 Å². The molecule has 0 aliphatic carbocycles. The quantitative estimate of drug-likeness (QED) is 0.467. The molecule has 0 amide bonds. The molecule has 1 aromatic rings. The molecule has 6 heteroatoms. The third-order valence-electron chi connectivity index (χ3n) is 2.35. The molecular weight excluding hydrogens is 353 g/mol. The molecule has 5 nitrogen and oxygen atoms in total. The van der Waals surface area contributed by atoms with Crippen molar-refractivity contribution in [3.05, 3.63) is 23.9 Å². The number of nitrogens with zero attached hydrogens (tertiary/aromatic N) is 3. The van der Waals surface area contributed by atoms with Crippen LogP contribution in [0.3, 0.4) is 0 Å². The average Bonchev–Trinajstić information content (AvgIpc) is 2.34. The van der Waals surface area contributed by atoms with Crippen LogP contribution >= 0.6 is 24.0 Å². The third-order valence-corrected chi connectivity index (χ3v) is 2.35. The molecule has 0 radical (unpaired) electrons. The summed E-state index contributed by atoms with van der Waals surface area (Å²) in [6.07, 6.45) is 0. The Morgan fingerprint density at radius 3 is 2.68 bits per heavy atom. The number of rotatable bonds is 5. The summed E-state index contributed by atoms with van der Waals surface area (Å²) in [5, 5.41) is 3.08. The van der Waals surface area contributed by atoms with E-state index in [1.54, 1.807) is 0 Å². The molecule has 1 heterocycles. The Labute approximate surface area is 132 Å². The fraction of sp³-hybridized carbons (Fsp3) is 0.538. The maximum Gasteiger partial charge on any atom is 0.188 e. The first-order valence-corrected chi connectivity index (χ1v) is 6.16. The van der Waals surface area contributed by atoms with Gasteiger partial charge in [-0.2, -0.15) is 0 Å². The number of aliphatic imine (C=N–C) groups is 1. The highest BCUT2D eigenvalue weighted by Crippen LogP contribution is 2.08. The third kappa shape index (κ3) is 7.19. The van der Waals surface area contributed by atoms with E-state index in [1.165, 1.54) is 0 Å². The summed E-state index contributed by atoms with van der Waals surface area (Å²) in [7, 11) is 3.93. The topological polar surface area (TPSA) is 66.5 Å². The largest absolute Gasteiger partial charge is 0.370 e. The van der Waals surface area contributed by atoms with Crippen molar-refractivity contribution in [2.45, 2.75) is 20.4 Å². The molecule has 1 rings (SSSR count). The fourth-order valence-electron chi connectivity index (χ4n) is 1.33. The van der Waals surface area contributed by atoms with Crippen molar-refractivity contribution in [2.75, 3.05) is 25.5 Å². The molecule has 0 saturated carbocycles. The van der Waals surface area contributed by atoms with E-state index in [9.17, 15) is 0 Å². The second-order valence-corrected chi connectivity index (χ2v) is 4.86. The number of hydrogen-bond donors (Lipinski definition) is 2. The summed E-state index contributed by atoms with van der Waals surface area (Å²) in [6.45, 7) is 5.59. The Morgan fingerprint density at radius 2 is 2.11 bits per heavy atom. The lowest BCUT2D eigenvalue weighted by Gasteiger charge is -2.11. The Morgan fingerprint density at radius 1 is 1.42 bits per heavy atom. The van der Waals surface area contributed by atoms with Crippen molar-refractivity contribution in [3.63, 3.8) is 0 Å². The van der Waals surface area contributed by atoms with Gasteiger partial charge < -0.3 is 16.0 Å². The van der Waals surface area contributed by atoms with Crippen molar-refractivity contribution >= 4 is 35.8 Å². The maximum atomic E-state index is 5.77. The monoisotopic (exact) mass is 377 g/mol. The van der Waals surface area contributed by atoms with Gasteiger partial charge in [0, 0.05) is 20.6 Å². The van der Waals surface area contributed by atoms with Gasteiger partial charge in [0.2, 0.25) is 0 Å². The number of anilines is 1. The van der Waals surface area contributed by atoms with Crippen LogP contribution in [0.5, 0.6) is 0 Å². The highest BCUT2D eigenvalue weighted by Gasteiger charge is 2.00. The van der Waals surface area contributed by atoms with E-state index in [1.807, 2.05) is 37.2 Å². The minimum atomic E-state index is 0. The summed E-state index contributed by atoms with van der Waals surface area (Å²) in [6, 6.07) is 5.89. The van der Waals surface area contributed by atoms with E-state index < -0.39 is 0 Å². The molecule has 19 heavy (non-hydrogen) atoms. The second kappa shape index (κ2) is 8.95. The first-order valence-electron chi connectivity index (χ1n) is 6.16. The number of aromatic nitrogens is 1. The first-order chi connectivity index (χ1) is 8.49. The van der Waals surface area contributed by atoms with Gasteiger partial charge in [0.15, 0.2) is 5.96 Å². The molecule has 0 fully saturated rings. The van der Waals surface area contributed by atoms with Crippen molar-refractivity contribution < 1.29 is 0 Å². The predicted molar refractivity (Wildman–Crippen MR) is 92.1 cm³/mol. The van der Waals surface area contributed by atoms with Gasteiger partial charge in [0.05, 0.1) is 12.2 Å². The molecule has 0 aliphatic heterocycles. The maximum absolute atomic E-state index is 5.77. The van der Waals surface area contributed by atoms with Crippen LogP contribution in [0.2, 0.25) is 0 Å². The lowest BCUT2D eigenvalue weighted by molar-refractivity contribution is 0.621. The zero-order chi connectivity index (χ0) is 13.5. The molecule has 0 saturated heterocycles. The van der Waals surface area contributed by atoms with Gasteiger partial charge in [-0.25, -0.2) is 9.98 Å². The van der Waals surface area contributed by atoms with Crippen LogP contribution in [-0.4, -0.2) is 31.6 Å². The number of nitrogens with one attached hydrogen (secondary N) is 1. The predicted octanol–water partition coefficient (Wildman–Crippen LogP) is 1.83. The van der Waals surface area contributed by atoms with Gasteiger partial charge in [-0.15, -0.1) is 24.0 Å². The van der Waals surface area contributed by atoms with Crippen LogP contribution in [0, 0.1) is 5.92 Å². The van der Waals surface area contributed by atoms with E-state index >= 15 is 0 Å². The van der Waals surface area contributed by atoms with Crippen LogP contribution in [0.15, 0.2) is 23.2 Å². The van der Waals surface area contributed by atoms with E-state index in [4.69, 9.17) is 5.73 Å². The van der Waals surface area contributed by atoms with Crippen LogP contribution in [0.4, 0.5) is 5.82 Å². The molecule has 0 bridgehead atoms. The Hall–Kier alpha value is -1.05. The Kier molecular flexibility index (Phi) is 8.46. The zero-order valence-corrected chi connectivity index (χ0v) is 14.4. The van der Waals surface area contributed by atoms with Gasteiger partial charge >= 0.3 is 0 Å². The number of guanidine groups is 1. The molecule has 0 atom stereocenters. The first kappa shape index (κ1) is 17.9. The van der Waals surface area contributed by atoms with Gasteiger partial charge in [-0.1, -0.05) is 19.9 Å². The van der Waals surface area contributed by atoms with Gasteiger partial charge in [0.25, 0.3) is 0 Å². The van der Waals surface area contributed by atoms with E-state index in [0.29, 0.717) is 18.4 Å². The summed E-state index contributed by atoms with van der Waals surface area (Å²) in [5.41, 5.74) is 6.68. The Balaban J connectivity index is 0.00000324. The average molecular weight is 377 g/mol. The fourth-order valence-corrected chi connectivity index (χ4v) is 1.33. The lowest BCUT2D eigenvalue weighted by atomic mass is 10.2. The van der Waals surface area contributed by atoms with Crippen molar-refractivity contribution in [2.24, 2.45) is 16.6 Å². The van der Waals surface area contributed by atoms with Crippen LogP contribution in [-0.2, 0) is 6.54 Å². The summed E-state index contributed by atoms with van der Waals surface area (Å²) in [5.74, 6) is 1.95. The molecule has 1 aromatic heterocycles. The molecule has 108 valence electrons. The number of halogens is 1. The lowest BCUT2D eigenvalue weighted by Crippen LogP contribution is -2.34. The highest BCUT2D eigenvalue weighted by atomic mass is 127. The van der Waals surface area contributed by atoms with Crippen molar-refractivity contribution in [3.8, 4) is 0 Å². The zero-order valence-electron chi connectivity index (χ0n) is 12.1. The van der Waals surface area contributed by atoms with Crippen molar-refractivity contribution in [1.82, 2.24) is 10.3 Å². The SMILES string of the molecule is CC(C)CNC(N)=NCc1cccc(N(C)C)n1.I. The number of pyridine rings is 1. The molecular formula is C13H24IN5. The van der Waals surface area contributed by atoms with E-state index in [-0.39, 0.29) is 24.0 Å². The molecule has 0 unspecified atom stereocenters. The van der Waals surface area contributed by atoms with Crippen LogP contribution in [0.1, 0.15) is 19.5 Å². The highest BCUT2D eigenvalue weighted by molar-refractivity contribution is 14.0. The number of nitrogens with two attached hydrogens (primary N) is 1. The Bertz CT molecular complexity index is 404. The summed E-state index contributed by atoms with van der Waals surface area (Å²) >= 11 is 0. The number of hydrogen-bond acceptors (Lipinski definition) is 3. The summed E-state index contributed by atoms with van der Waals surface area (Å²) < 4.78 is 0. The standard InChI is InChI=1S/C13H23N5.HI/c1-10(2)8-15-13(14)16-9-11-6-5-7-12(17-11)18(3)4;/h5-7,10H,8-9H2,1-4H3,(H3,14,15,16);1H.